The fourth-order valence-electron chi connectivity index (χ4n) is 4.58. The lowest BCUT2D eigenvalue weighted by Gasteiger charge is -2.18. The van der Waals surface area contributed by atoms with Crippen LogP contribution in [0, 0.1) is 0 Å². The number of nitrogens with zero attached hydrogens (tertiary/aromatic N) is 5. The molecule has 12 heteroatoms. The molecule has 0 bridgehead atoms. The maximum Gasteiger partial charge on any atom is 0.262 e. The van der Waals surface area contributed by atoms with Crippen molar-refractivity contribution in [2.45, 2.75) is 39.3 Å². The number of carbonyl (C=O) groups is 4. The van der Waals surface area contributed by atoms with Gasteiger partial charge in [-0.15, -0.1) is 0 Å². The summed E-state index contributed by atoms with van der Waals surface area (Å²) in [6, 6.07) is 14.9. The molecule has 0 saturated carbocycles. The van der Waals surface area contributed by atoms with Gasteiger partial charge in [-0.3, -0.25) is 39.4 Å². The van der Waals surface area contributed by atoms with Gasteiger partial charge in [0.1, 0.15) is 0 Å². The highest BCUT2D eigenvalue weighted by Gasteiger charge is 2.18. The topological polar surface area (TPSA) is 143 Å². The molecular weight excluding hydrogens is 572 g/mol. The molecule has 4 aromatic rings. The van der Waals surface area contributed by atoms with Gasteiger partial charge in [0.25, 0.3) is 11.8 Å². The highest BCUT2D eigenvalue weighted by Crippen LogP contribution is 2.30. The molecule has 0 saturated heterocycles. The van der Waals surface area contributed by atoms with Crippen LogP contribution in [0.2, 0.25) is 0 Å². The third kappa shape index (κ3) is 8.75. The second kappa shape index (κ2) is 14.8. The molecule has 2 aromatic heterocycles. The fourth-order valence-corrected chi connectivity index (χ4v) is 4.58. The van der Waals surface area contributed by atoms with Gasteiger partial charge in [0, 0.05) is 75.3 Å². The minimum atomic E-state index is -0.637. The maximum atomic E-state index is 13.5. The summed E-state index contributed by atoms with van der Waals surface area (Å²) in [6.07, 6.45) is 8.13. The summed E-state index contributed by atoms with van der Waals surface area (Å²) >= 11 is 0. The molecule has 0 aliphatic rings. The molecule has 4 amide bonds. The van der Waals surface area contributed by atoms with Gasteiger partial charge in [-0.05, 0) is 67.3 Å². The number of rotatable bonds is 11. The molecule has 12 nitrogen and oxygen atoms in total. The summed E-state index contributed by atoms with van der Waals surface area (Å²) in [6.45, 7) is 4.71. The van der Waals surface area contributed by atoms with Crippen molar-refractivity contribution in [2.75, 3.05) is 14.1 Å². The Morgan fingerprint density at radius 1 is 0.978 bits per heavy atom. The van der Waals surface area contributed by atoms with Crippen LogP contribution in [0.1, 0.15) is 47.8 Å². The van der Waals surface area contributed by atoms with E-state index in [-0.39, 0.29) is 30.7 Å². The van der Waals surface area contributed by atoms with E-state index in [1.54, 1.807) is 49.2 Å². The highest BCUT2D eigenvalue weighted by molar-refractivity contribution is 5.97. The van der Waals surface area contributed by atoms with Crippen molar-refractivity contribution in [3.05, 3.63) is 96.0 Å². The normalized spacial score (nSPS) is 11.7. The quantitative estimate of drug-likeness (QED) is 0.176. The summed E-state index contributed by atoms with van der Waals surface area (Å²) in [4.78, 5) is 50.7. The number of carbonyl (C=O) groups excluding carboxylic acids is 4. The first-order valence-corrected chi connectivity index (χ1v) is 14.6. The second-order valence-corrected chi connectivity index (χ2v) is 10.8. The zero-order chi connectivity index (χ0) is 32.5. The lowest BCUT2D eigenvalue weighted by atomic mass is 9.96. The van der Waals surface area contributed by atoms with Crippen molar-refractivity contribution in [2.24, 2.45) is 7.05 Å². The summed E-state index contributed by atoms with van der Waals surface area (Å²) in [5.74, 6) is -1.71. The van der Waals surface area contributed by atoms with Crippen LogP contribution in [0.5, 0.6) is 0 Å². The average Bonchev–Trinajstić information content (AvgIpc) is 3.70. The molecule has 3 N–H and O–H groups in total. The zero-order valence-corrected chi connectivity index (χ0v) is 26.1. The monoisotopic (exact) mass is 610 g/mol. The number of nitrogens with one attached hydrogen (secondary N) is 3. The molecule has 0 radical (unpaired) electrons. The number of aromatic nitrogens is 4. The van der Waals surface area contributed by atoms with Crippen molar-refractivity contribution in [3.63, 3.8) is 0 Å². The Labute approximate surface area is 262 Å². The summed E-state index contributed by atoms with van der Waals surface area (Å²) < 4.78 is 3.61. The summed E-state index contributed by atoms with van der Waals surface area (Å²) in [7, 11) is 4.99. The lowest BCUT2D eigenvalue weighted by molar-refractivity contribution is -0.126. The van der Waals surface area contributed by atoms with Crippen LogP contribution in [-0.2, 0) is 34.4 Å². The van der Waals surface area contributed by atoms with Gasteiger partial charge in [0.15, 0.2) is 0 Å². The van der Waals surface area contributed by atoms with E-state index in [0.29, 0.717) is 11.1 Å². The number of amides is 4. The van der Waals surface area contributed by atoms with Crippen LogP contribution in [0.25, 0.3) is 22.4 Å². The Kier molecular flexibility index (Phi) is 10.6. The van der Waals surface area contributed by atoms with Gasteiger partial charge < -0.3 is 10.2 Å². The van der Waals surface area contributed by atoms with Crippen molar-refractivity contribution in [1.82, 2.24) is 40.6 Å². The van der Waals surface area contributed by atoms with Gasteiger partial charge in [-0.1, -0.05) is 18.2 Å². The summed E-state index contributed by atoms with van der Waals surface area (Å²) in [5, 5.41) is 12.1. The van der Waals surface area contributed by atoms with Crippen molar-refractivity contribution >= 4 is 23.6 Å². The van der Waals surface area contributed by atoms with Crippen LogP contribution in [0.3, 0.4) is 0 Å². The molecule has 0 fully saturated rings. The number of aryl methyl sites for hydroxylation is 3. The van der Waals surface area contributed by atoms with Gasteiger partial charge in [0.2, 0.25) is 11.8 Å². The molecular formula is C33H38N8O4. The smallest absolute Gasteiger partial charge is 0.262 e. The molecule has 234 valence electrons. The zero-order valence-electron chi connectivity index (χ0n) is 26.1. The Balaban J connectivity index is 1.45. The Morgan fingerprint density at radius 3 is 2.42 bits per heavy atom. The first kappa shape index (κ1) is 32.4. The van der Waals surface area contributed by atoms with Crippen LogP contribution in [0.15, 0.2) is 79.3 Å². The summed E-state index contributed by atoms with van der Waals surface area (Å²) in [5.41, 5.74) is 10.3. The van der Waals surface area contributed by atoms with Crippen LogP contribution in [0.4, 0.5) is 0 Å². The molecule has 2 aromatic carbocycles. The van der Waals surface area contributed by atoms with E-state index < -0.39 is 11.8 Å². The van der Waals surface area contributed by atoms with E-state index in [0.717, 1.165) is 46.6 Å². The third-order valence-electron chi connectivity index (χ3n) is 7.13. The predicted octanol–water partition coefficient (Wildman–Crippen LogP) is 3.19. The molecule has 2 heterocycles. The average molecular weight is 611 g/mol. The minimum absolute atomic E-state index is 0.0292. The number of hydrogen-bond acceptors (Lipinski definition) is 6. The van der Waals surface area contributed by atoms with E-state index in [1.807, 2.05) is 56.2 Å². The van der Waals surface area contributed by atoms with Crippen molar-refractivity contribution < 1.29 is 19.2 Å². The largest absolute Gasteiger partial charge is 0.346 e. The van der Waals surface area contributed by atoms with Crippen LogP contribution < -0.4 is 16.2 Å². The second-order valence-electron chi connectivity index (χ2n) is 10.8. The minimum Gasteiger partial charge on any atom is -0.346 e. The van der Waals surface area contributed by atoms with E-state index in [2.05, 4.69) is 32.4 Å². The van der Waals surface area contributed by atoms with Gasteiger partial charge in [-0.2, -0.15) is 10.2 Å². The number of hydrogen-bond donors (Lipinski definition) is 3. The number of likely N-dealkylation sites (N-methyl/N-ethyl adjacent to an activating group) is 1. The fraction of sp³-hybridized carbons (Fsp3) is 0.273. The molecule has 0 unspecified atom stereocenters. The molecule has 45 heavy (non-hydrogen) atoms. The van der Waals surface area contributed by atoms with E-state index in [1.165, 1.54) is 4.90 Å². The Hall–Kier alpha value is -5.52. The third-order valence-corrected chi connectivity index (χ3v) is 7.13. The molecule has 0 aliphatic carbocycles. The van der Waals surface area contributed by atoms with Crippen LogP contribution >= 0.6 is 0 Å². The Bertz CT molecular complexity index is 1720. The number of hydrazine groups is 1. The SMILES string of the molecule is CCn1ccc(-c2cc(-c3cnn(C)c3)cc([C@@H](C)NC(=O)c3ccccc3CCC(=O)NNC(=O)/C=C/C(=O)N(C)C)c2)n1. The molecule has 4 rings (SSSR count). The van der Waals surface area contributed by atoms with Crippen LogP contribution in [-0.4, -0.2) is 62.2 Å². The number of benzene rings is 2. The highest BCUT2D eigenvalue weighted by atomic mass is 16.2. The van der Waals surface area contributed by atoms with Crippen molar-refractivity contribution in [3.8, 4) is 22.4 Å². The molecule has 0 aliphatic heterocycles. The van der Waals surface area contributed by atoms with E-state index >= 15 is 0 Å². The van der Waals surface area contributed by atoms with Gasteiger partial charge in [0.05, 0.1) is 17.9 Å². The predicted molar refractivity (Wildman–Crippen MR) is 170 cm³/mol. The van der Waals surface area contributed by atoms with E-state index in [4.69, 9.17) is 0 Å². The first-order valence-electron chi connectivity index (χ1n) is 14.6. The van der Waals surface area contributed by atoms with Crippen molar-refractivity contribution in [1.29, 1.82) is 0 Å². The van der Waals surface area contributed by atoms with Gasteiger partial charge >= 0.3 is 0 Å². The van der Waals surface area contributed by atoms with Gasteiger partial charge in [-0.25, -0.2) is 0 Å². The maximum absolute atomic E-state index is 13.5. The first-order chi connectivity index (χ1) is 21.5. The molecule has 1 atom stereocenters. The Morgan fingerprint density at radius 2 is 1.73 bits per heavy atom. The molecule has 0 spiro atoms. The lowest BCUT2D eigenvalue weighted by Crippen LogP contribution is -2.41. The standard InChI is InChI=1S/C33H38N8O4/c1-6-41-16-15-29(38-41)26-18-24(17-25(19-26)27-20-34-40(5)21-27)22(2)35-33(45)28-10-8-7-9-23(28)11-12-30(42)36-37-31(43)13-14-32(44)39(3)4/h7-10,13-22H,6,11-12H2,1-5H3,(H,35,45)(H,36,42)(H,37,43)/b14-13+/t22-/m1/s1. The van der Waals surface area contributed by atoms with E-state index in [9.17, 15) is 19.2 Å².